The molecule has 1 nitrogen and oxygen atoms in total. The van der Waals surface area contributed by atoms with Crippen molar-refractivity contribution in [1.82, 2.24) is 4.57 Å². The fourth-order valence-corrected chi connectivity index (χ4v) is 1.93. The van der Waals surface area contributed by atoms with Crippen LogP contribution in [0, 0.1) is 12.3 Å². The van der Waals surface area contributed by atoms with Crippen molar-refractivity contribution in [2.24, 2.45) is 7.05 Å². The SMILES string of the molecule is C#Cc1cccc2c1c(CC)cn2C. The van der Waals surface area contributed by atoms with Crippen molar-refractivity contribution in [2.45, 2.75) is 13.3 Å². The third-order valence-corrected chi connectivity index (χ3v) is 2.63. The zero-order chi connectivity index (χ0) is 10.1. The number of hydrogen-bond donors (Lipinski definition) is 0. The quantitative estimate of drug-likeness (QED) is 0.599. The van der Waals surface area contributed by atoms with Crippen molar-refractivity contribution < 1.29 is 0 Å². The summed E-state index contributed by atoms with van der Waals surface area (Å²) in [7, 11) is 2.06. The average Bonchev–Trinajstić information content (AvgIpc) is 2.56. The third kappa shape index (κ3) is 1.12. The lowest BCUT2D eigenvalue weighted by Crippen LogP contribution is -1.83. The first kappa shape index (κ1) is 8.90. The molecule has 0 aliphatic heterocycles. The Hall–Kier alpha value is -1.68. The molecule has 0 amide bonds. The predicted octanol–water partition coefficient (Wildman–Crippen LogP) is 2.72. The average molecular weight is 183 g/mol. The van der Waals surface area contributed by atoms with E-state index in [1.165, 1.54) is 16.5 Å². The summed E-state index contributed by atoms with van der Waals surface area (Å²) in [5, 5.41) is 1.24. The van der Waals surface area contributed by atoms with Crippen LogP contribution in [0.1, 0.15) is 18.1 Å². The smallest absolute Gasteiger partial charge is 0.0493 e. The number of fused-ring (bicyclic) bond motifs is 1. The zero-order valence-corrected chi connectivity index (χ0v) is 8.54. The molecular formula is C13H13N. The maximum atomic E-state index is 5.49. The van der Waals surface area contributed by atoms with Gasteiger partial charge in [-0.2, -0.15) is 0 Å². The van der Waals surface area contributed by atoms with Crippen LogP contribution < -0.4 is 0 Å². The van der Waals surface area contributed by atoms with E-state index in [0.29, 0.717) is 0 Å². The van der Waals surface area contributed by atoms with Crippen LogP contribution in [0.2, 0.25) is 0 Å². The van der Waals surface area contributed by atoms with Gasteiger partial charge in [0, 0.05) is 29.7 Å². The molecule has 0 N–H and O–H groups in total. The molecule has 2 rings (SSSR count). The van der Waals surface area contributed by atoms with Crippen molar-refractivity contribution >= 4 is 10.9 Å². The van der Waals surface area contributed by atoms with E-state index in [2.05, 4.69) is 36.7 Å². The summed E-state index contributed by atoms with van der Waals surface area (Å²) >= 11 is 0. The standard InChI is InChI=1S/C13H13N/c1-4-10-7-6-8-12-13(10)11(5-2)9-14(12)3/h1,6-9H,5H2,2-3H3. The van der Waals surface area contributed by atoms with Gasteiger partial charge in [-0.05, 0) is 24.1 Å². The van der Waals surface area contributed by atoms with E-state index >= 15 is 0 Å². The number of hydrogen-bond acceptors (Lipinski definition) is 0. The van der Waals surface area contributed by atoms with Crippen LogP contribution in [-0.4, -0.2) is 4.57 Å². The maximum Gasteiger partial charge on any atom is 0.0493 e. The van der Waals surface area contributed by atoms with Gasteiger partial charge in [0.05, 0.1) is 0 Å². The van der Waals surface area contributed by atoms with Gasteiger partial charge >= 0.3 is 0 Å². The van der Waals surface area contributed by atoms with Gasteiger partial charge in [-0.25, -0.2) is 0 Å². The molecule has 70 valence electrons. The van der Waals surface area contributed by atoms with Crippen LogP contribution in [0.4, 0.5) is 0 Å². The molecule has 14 heavy (non-hydrogen) atoms. The van der Waals surface area contributed by atoms with E-state index in [-0.39, 0.29) is 0 Å². The topological polar surface area (TPSA) is 4.93 Å². The van der Waals surface area contributed by atoms with Gasteiger partial charge in [-0.3, -0.25) is 0 Å². The minimum absolute atomic E-state index is 1.000. The van der Waals surface area contributed by atoms with Gasteiger partial charge in [0.1, 0.15) is 0 Å². The monoisotopic (exact) mass is 183 g/mol. The molecule has 0 aliphatic rings. The molecule has 1 heterocycles. The molecule has 0 saturated carbocycles. The minimum Gasteiger partial charge on any atom is -0.350 e. The number of terminal acetylenes is 1. The summed E-state index contributed by atoms with van der Waals surface area (Å²) in [5.41, 5.74) is 3.55. The molecule has 0 unspecified atom stereocenters. The van der Waals surface area contributed by atoms with Crippen LogP contribution in [-0.2, 0) is 13.5 Å². The third-order valence-electron chi connectivity index (χ3n) is 2.63. The van der Waals surface area contributed by atoms with Crippen LogP contribution in [0.3, 0.4) is 0 Å². The Morgan fingerprint density at radius 1 is 1.43 bits per heavy atom. The van der Waals surface area contributed by atoms with Crippen LogP contribution in [0.25, 0.3) is 10.9 Å². The highest BCUT2D eigenvalue weighted by atomic mass is 14.9. The second kappa shape index (κ2) is 3.23. The molecule has 0 saturated heterocycles. The molecule has 0 radical (unpaired) electrons. The lowest BCUT2D eigenvalue weighted by Gasteiger charge is -1.98. The summed E-state index contributed by atoms with van der Waals surface area (Å²) in [6, 6.07) is 6.12. The van der Waals surface area contributed by atoms with E-state index in [4.69, 9.17) is 6.42 Å². The summed E-state index contributed by atoms with van der Waals surface area (Å²) in [4.78, 5) is 0. The van der Waals surface area contributed by atoms with Gasteiger partial charge in [0.2, 0.25) is 0 Å². The maximum absolute atomic E-state index is 5.49. The highest BCUT2D eigenvalue weighted by molar-refractivity contribution is 5.89. The second-order valence-electron chi connectivity index (χ2n) is 3.46. The fourth-order valence-electron chi connectivity index (χ4n) is 1.93. The second-order valence-corrected chi connectivity index (χ2v) is 3.46. The lowest BCUT2D eigenvalue weighted by molar-refractivity contribution is 0.954. The molecule has 1 aromatic carbocycles. The van der Waals surface area contributed by atoms with E-state index in [1.54, 1.807) is 0 Å². The Bertz CT molecular complexity index is 512. The Morgan fingerprint density at radius 3 is 2.86 bits per heavy atom. The number of benzene rings is 1. The minimum atomic E-state index is 1.000. The molecule has 0 atom stereocenters. The number of nitrogens with zero attached hydrogens (tertiary/aromatic N) is 1. The first-order valence-electron chi connectivity index (χ1n) is 4.81. The molecule has 0 spiro atoms. The molecule has 0 fully saturated rings. The van der Waals surface area contributed by atoms with Crippen LogP contribution >= 0.6 is 0 Å². The highest BCUT2D eigenvalue weighted by Crippen LogP contribution is 2.24. The predicted molar refractivity (Wildman–Crippen MR) is 60.2 cm³/mol. The van der Waals surface area contributed by atoms with Crippen LogP contribution in [0.15, 0.2) is 24.4 Å². The van der Waals surface area contributed by atoms with Crippen LogP contribution in [0.5, 0.6) is 0 Å². The molecule has 1 aromatic heterocycles. The Morgan fingerprint density at radius 2 is 2.21 bits per heavy atom. The van der Waals surface area contributed by atoms with Crippen molar-refractivity contribution in [3.05, 3.63) is 35.5 Å². The first-order valence-corrected chi connectivity index (χ1v) is 4.81. The Kier molecular flexibility index (Phi) is 2.05. The fraction of sp³-hybridized carbons (Fsp3) is 0.231. The number of aryl methyl sites for hydroxylation is 2. The van der Waals surface area contributed by atoms with E-state index in [0.717, 1.165) is 12.0 Å². The lowest BCUT2D eigenvalue weighted by atomic mass is 10.1. The van der Waals surface area contributed by atoms with Gasteiger partial charge in [0.15, 0.2) is 0 Å². The van der Waals surface area contributed by atoms with Gasteiger partial charge < -0.3 is 4.57 Å². The summed E-state index contributed by atoms with van der Waals surface area (Å²) in [5.74, 6) is 2.74. The van der Waals surface area contributed by atoms with Crippen molar-refractivity contribution in [3.8, 4) is 12.3 Å². The molecule has 0 aliphatic carbocycles. The van der Waals surface area contributed by atoms with E-state index in [1.807, 2.05) is 12.1 Å². The summed E-state index contributed by atoms with van der Waals surface area (Å²) in [6.45, 7) is 2.15. The normalized spacial score (nSPS) is 10.4. The summed E-state index contributed by atoms with van der Waals surface area (Å²) in [6.07, 6.45) is 8.67. The number of aromatic nitrogens is 1. The van der Waals surface area contributed by atoms with E-state index < -0.39 is 0 Å². The van der Waals surface area contributed by atoms with Crippen molar-refractivity contribution in [2.75, 3.05) is 0 Å². The molecule has 2 aromatic rings. The Balaban J connectivity index is 2.91. The Labute approximate surface area is 84.4 Å². The van der Waals surface area contributed by atoms with Gasteiger partial charge in [0.25, 0.3) is 0 Å². The molecule has 0 bridgehead atoms. The molecule has 1 heteroatoms. The molecular weight excluding hydrogens is 170 g/mol. The summed E-state index contributed by atoms with van der Waals surface area (Å²) < 4.78 is 2.13. The van der Waals surface area contributed by atoms with Gasteiger partial charge in [-0.15, -0.1) is 6.42 Å². The first-order chi connectivity index (χ1) is 6.77. The van der Waals surface area contributed by atoms with Gasteiger partial charge in [-0.1, -0.05) is 18.9 Å². The van der Waals surface area contributed by atoms with E-state index in [9.17, 15) is 0 Å². The van der Waals surface area contributed by atoms with Crippen molar-refractivity contribution in [1.29, 1.82) is 0 Å². The van der Waals surface area contributed by atoms with Crippen molar-refractivity contribution in [3.63, 3.8) is 0 Å². The number of rotatable bonds is 1. The zero-order valence-electron chi connectivity index (χ0n) is 8.54. The highest BCUT2D eigenvalue weighted by Gasteiger charge is 2.07. The largest absolute Gasteiger partial charge is 0.350 e.